The van der Waals surface area contributed by atoms with Crippen molar-refractivity contribution in [1.29, 1.82) is 0 Å². The van der Waals surface area contributed by atoms with Crippen LogP contribution in [0.5, 0.6) is 5.75 Å². The van der Waals surface area contributed by atoms with Gasteiger partial charge in [-0.1, -0.05) is 23.7 Å². The molecular formula is C14H16ClNO4. The van der Waals surface area contributed by atoms with Crippen molar-refractivity contribution < 1.29 is 19.4 Å². The Labute approximate surface area is 122 Å². The largest absolute Gasteiger partial charge is 0.482 e. The van der Waals surface area contributed by atoms with E-state index < -0.39 is 12.0 Å². The molecule has 0 saturated carbocycles. The second-order valence-corrected chi connectivity index (χ2v) is 5.06. The lowest BCUT2D eigenvalue weighted by Gasteiger charge is -2.32. The molecule has 0 aromatic heterocycles. The Morgan fingerprint density at radius 1 is 1.35 bits per heavy atom. The number of carbonyl (C=O) groups excluding carboxylic acids is 1. The molecule has 1 aromatic rings. The molecule has 1 fully saturated rings. The number of carboxylic acids is 1. The number of likely N-dealkylation sites (tertiary alicyclic amines) is 1. The highest BCUT2D eigenvalue weighted by Gasteiger charge is 2.31. The van der Waals surface area contributed by atoms with Crippen LogP contribution in [0.1, 0.15) is 19.3 Å². The van der Waals surface area contributed by atoms with Crippen molar-refractivity contribution in [3.8, 4) is 5.75 Å². The third-order valence-corrected chi connectivity index (χ3v) is 3.61. The second kappa shape index (κ2) is 6.61. The first-order chi connectivity index (χ1) is 9.59. The Kier molecular flexibility index (Phi) is 4.84. The summed E-state index contributed by atoms with van der Waals surface area (Å²) < 4.78 is 5.36. The third-order valence-electron chi connectivity index (χ3n) is 3.30. The Balaban J connectivity index is 1.97. The van der Waals surface area contributed by atoms with Crippen molar-refractivity contribution in [3.63, 3.8) is 0 Å². The van der Waals surface area contributed by atoms with E-state index in [1.165, 1.54) is 4.90 Å². The number of para-hydroxylation sites is 1. The average Bonchev–Trinajstić information content (AvgIpc) is 2.46. The summed E-state index contributed by atoms with van der Waals surface area (Å²) in [6, 6.07) is 6.11. The summed E-state index contributed by atoms with van der Waals surface area (Å²) >= 11 is 5.93. The molecule has 2 rings (SSSR count). The van der Waals surface area contributed by atoms with Gasteiger partial charge in [-0.15, -0.1) is 0 Å². The molecule has 1 aliphatic rings. The number of piperidine rings is 1. The molecule has 6 heteroatoms. The van der Waals surface area contributed by atoms with Crippen LogP contribution in [-0.2, 0) is 9.59 Å². The number of carboxylic acid groups (broad SMARTS) is 1. The zero-order valence-corrected chi connectivity index (χ0v) is 11.7. The van der Waals surface area contributed by atoms with Gasteiger partial charge in [0.15, 0.2) is 6.61 Å². The van der Waals surface area contributed by atoms with Crippen LogP contribution in [0.2, 0.25) is 5.02 Å². The highest BCUT2D eigenvalue weighted by molar-refractivity contribution is 6.32. The van der Waals surface area contributed by atoms with Gasteiger partial charge in [0.2, 0.25) is 0 Å². The van der Waals surface area contributed by atoms with E-state index in [0.717, 1.165) is 12.8 Å². The lowest BCUT2D eigenvalue weighted by atomic mass is 10.0. The fourth-order valence-electron chi connectivity index (χ4n) is 2.27. The fourth-order valence-corrected chi connectivity index (χ4v) is 2.46. The minimum atomic E-state index is -0.962. The molecule has 0 bridgehead atoms. The molecule has 1 aliphatic heterocycles. The van der Waals surface area contributed by atoms with Crippen LogP contribution >= 0.6 is 11.6 Å². The second-order valence-electron chi connectivity index (χ2n) is 4.66. The molecule has 1 aromatic carbocycles. The molecular weight excluding hydrogens is 282 g/mol. The van der Waals surface area contributed by atoms with Crippen molar-refractivity contribution in [2.45, 2.75) is 25.3 Å². The van der Waals surface area contributed by atoms with Gasteiger partial charge in [-0.25, -0.2) is 4.79 Å². The number of nitrogens with zero attached hydrogens (tertiary/aromatic N) is 1. The van der Waals surface area contributed by atoms with Crippen LogP contribution in [0.15, 0.2) is 24.3 Å². The van der Waals surface area contributed by atoms with Crippen molar-refractivity contribution in [1.82, 2.24) is 4.90 Å². The van der Waals surface area contributed by atoms with Crippen LogP contribution in [0.4, 0.5) is 0 Å². The molecule has 1 atom stereocenters. The fraction of sp³-hybridized carbons (Fsp3) is 0.429. The van der Waals surface area contributed by atoms with E-state index in [4.69, 9.17) is 21.4 Å². The van der Waals surface area contributed by atoms with E-state index in [0.29, 0.717) is 23.7 Å². The molecule has 0 aliphatic carbocycles. The molecule has 0 radical (unpaired) electrons. The number of benzene rings is 1. The van der Waals surface area contributed by atoms with Crippen molar-refractivity contribution in [2.24, 2.45) is 0 Å². The highest BCUT2D eigenvalue weighted by Crippen LogP contribution is 2.23. The minimum Gasteiger partial charge on any atom is -0.482 e. The lowest BCUT2D eigenvalue weighted by molar-refractivity contribution is -0.152. The predicted octanol–water partition coefficient (Wildman–Crippen LogP) is 2.18. The number of halogens is 1. The number of rotatable bonds is 4. The van der Waals surface area contributed by atoms with Gasteiger partial charge in [-0.3, -0.25) is 4.79 Å². The number of aliphatic carboxylic acids is 1. The van der Waals surface area contributed by atoms with Gasteiger partial charge in [-0.2, -0.15) is 0 Å². The normalized spacial score (nSPS) is 18.6. The van der Waals surface area contributed by atoms with E-state index in [1.807, 2.05) is 0 Å². The molecule has 0 spiro atoms. The first-order valence-corrected chi connectivity index (χ1v) is 6.87. The summed E-state index contributed by atoms with van der Waals surface area (Å²) in [7, 11) is 0. The molecule has 5 nitrogen and oxygen atoms in total. The number of hydrogen-bond donors (Lipinski definition) is 1. The molecule has 1 heterocycles. The van der Waals surface area contributed by atoms with Crippen LogP contribution in [0.3, 0.4) is 0 Å². The Morgan fingerprint density at radius 2 is 2.10 bits per heavy atom. The average molecular weight is 298 g/mol. The predicted molar refractivity (Wildman–Crippen MR) is 73.9 cm³/mol. The van der Waals surface area contributed by atoms with E-state index >= 15 is 0 Å². The molecule has 20 heavy (non-hydrogen) atoms. The maximum Gasteiger partial charge on any atom is 0.326 e. The zero-order chi connectivity index (χ0) is 14.5. The van der Waals surface area contributed by atoms with Gasteiger partial charge in [-0.05, 0) is 31.4 Å². The van der Waals surface area contributed by atoms with Crippen LogP contribution in [0.25, 0.3) is 0 Å². The molecule has 0 unspecified atom stereocenters. The highest BCUT2D eigenvalue weighted by atomic mass is 35.5. The van der Waals surface area contributed by atoms with Gasteiger partial charge >= 0.3 is 5.97 Å². The minimum absolute atomic E-state index is 0.201. The topological polar surface area (TPSA) is 66.8 Å². The quantitative estimate of drug-likeness (QED) is 0.925. The Morgan fingerprint density at radius 3 is 2.80 bits per heavy atom. The molecule has 108 valence electrons. The number of carbonyl (C=O) groups is 2. The standard InChI is InChI=1S/C14H16ClNO4/c15-10-5-1-2-7-12(10)20-9-13(17)16-8-4-3-6-11(16)14(18)19/h1-2,5,7,11H,3-4,6,8-9H2,(H,18,19)/t11-/m0/s1. The summed E-state index contributed by atoms with van der Waals surface area (Å²) in [6.07, 6.45) is 2.14. The van der Waals surface area contributed by atoms with Crippen molar-refractivity contribution in [2.75, 3.05) is 13.2 Å². The van der Waals surface area contributed by atoms with Crippen molar-refractivity contribution in [3.05, 3.63) is 29.3 Å². The summed E-state index contributed by atoms with van der Waals surface area (Å²) in [4.78, 5) is 24.6. The monoisotopic (exact) mass is 297 g/mol. The summed E-state index contributed by atoms with van der Waals surface area (Å²) in [5, 5.41) is 9.56. The van der Waals surface area contributed by atoms with Gasteiger partial charge in [0.05, 0.1) is 5.02 Å². The maximum absolute atomic E-state index is 12.1. The zero-order valence-electron chi connectivity index (χ0n) is 10.9. The molecule has 1 N–H and O–H groups in total. The molecule has 1 amide bonds. The SMILES string of the molecule is O=C(O)[C@@H]1CCCCN1C(=O)COc1ccccc1Cl. The van der Waals surface area contributed by atoms with Gasteiger partial charge in [0.1, 0.15) is 11.8 Å². The van der Waals surface area contributed by atoms with Crippen LogP contribution in [0, 0.1) is 0 Å². The van der Waals surface area contributed by atoms with E-state index in [1.54, 1.807) is 24.3 Å². The first kappa shape index (κ1) is 14.7. The van der Waals surface area contributed by atoms with Gasteiger partial charge in [0.25, 0.3) is 5.91 Å². The summed E-state index contributed by atoms with van der Waals surface area (Å²) in [5.74, 6) is -0.862. The number of amides is 1. The number of ether oxygens (including phenoxy) is 1. The summed E-state index contributed by atoms with van der Waals surface area (Å²) in [6.45, 7) is 0.259. The number of hydrogen-bond acceptors (Lipinski definition) is 3. The third kappa shape index (κ3) is 3.42. The van der Waals surface area contributed by atoms with Gasteiger partial charge < -0.3 is 14.7 Å². The Hall–Kier alpha value is -1.75. The van der Waals surface area contributed by atoms with E-state index in [9.17, 15) is 9.59 Å². The maximum atomic E-state index is 12.1. The van der Waals surface area contributed by atoms with Crippen molar-refractivity contribution >= 4 is 23.5 Å². The van der Waals surface area contributed by atoms with E-state index in [2.05, 4.69) is 0 Å². The lowest BCUT2D eigenvalue weighted by Crippen LogP contribution is -2.49. The summed E-state index contributed by atoms with van der Waals surface area (Å²) in [5.41, 5.74) is 0. The Bertz CT molecular complexity index is 506. The first-order valence-electron chi connectivity index (χ1n) is 6.49. The molecule has 1 saturated heterocycles. The van der Waals surface area contributed by atoms with E-state index in [-0.39, 0.29) is 12.5 Å². The smallest absolute Gasteiger partial charge is 0.326 e. The van der Waals surface area contributed by atoms with Gasteiger partial charge in [0, 0.05) is 6.54 Å². The van der Waals surface area contributed by atoms with Crippen LogP contribution < -0.4 is 4.74 Å². The van der Waals surface area contributed by atoms with Crippen LogP contribution in [-0.4, -0.2) is 41.1 Å².